The number of hydrogen-bond donors (Lipinski definition) is 3. The summed E-state index contributed by atoms with van der Waals surface area (Å²) in [6.45, 7) is 2.14. The van der Waals surface area contributed by atoms with Crippen LogP contribution in [-0.4, -0.2) is 22.9 Å². The Bertz CT molecular complexity index is 633. The number of thiophene rings is 1. The van der Waals surface area contributed by atoms with E-state index in [1.54, 1.807) is 0 Å². The molecule has 1 aliphatic rings. The van der Waals surface area contributed by atoms with Gasteiger partial charge in [-0.15, -0.1) is 11.3 Å². The predicted octanol–water partition coefficient (Wildman–Crippen LogP) is 1.55. The zero-order valence-corrected chi connectivity index (χ0v) is 12.3. The fourth-order valence-electron chi connectivity index (χ4n) is 2.40. The number of primary amides is 1. The Morgan fingerprint density at radius 2 is 2.10 bits per heavy atom. The minimum absolute atomic E-state index is 0.360. The minimum atomic E-state index is -1.21. The third-order valence-electron chi connectivity index (χ3n) is 3.37. The maximum absolute atomic E-state index is 11.7. The molecule has 21 heavy (non-hydrogen) atoms. The van der Waals surface area contributed by atoms with E-state index < -0.39 is 17.8 Å². The first kappa shape index (κ1) is 15.2. The van der Waals surface area contributed by atoms with Crippen LogP contribution >= 0.6 is 11.3 Å². The van der Waals surface area contributed by atoms with Crippen molar-refractivity contribution in [2.24, 2.45) is 11.7 Å². The van der Waals surface area contributed by atoms with Crippen molar-refractivity contribution in [3.8, 4) is 0 Å². The van der Waals surface area contributed by atoms with E-state index >= 15 is 0 Å². The van der Waals surface area contributed by atoms with Crippen molar-refractivity contribution < 1.29 is 19.5 Å². The van der Waals surface area contributed by atoms with Crippen molar-refractivity contribution in [2.75, 3.05) is 5.32 Å². The van der Waals surface area contributed by atoms with E-state index in [2.05, 4.69) is 12.2 Å². The van der Waals surface area contributed by atoms with E-state index in [1.807, 2.05) is 0 Å². The molecule has 0 saturated carbocycles. The maximum Gasteiger partial charge on any atom is 0.328 e. The molecule has 0 radical (unpaired) electrons. The molecule has 1 heterocycles. The summed E-state index contributed by atoms with van der Waals surface area (Å²) in [7, 11) is 0. The van der Waals surface area contributed by atoms with Gasteiger partial charge in [-0.05, 0) is 30.7 Å². The van der Waals surface area contributed by atoms with Gasteiger partial charge in [0.2, 0.25) is 5.91 Å². The van der Waals surface area contributed by atoms with Gasteiger partial charge in [0, 0.05) is 17.0 Å². The monoisotopic (exact) mass is 308 g/mol. The van der Waals surface area contributed by atoms with Gasteiger partial charge in [0.25, 0.3) is 5.91 Å². The van der Waals surface area contributed by atoms with Crippen molar-refractivity contribution in [1.82, 2.24) is 0 Å². The highest BCUT2D eigenvalue weighted by Gasteiger charge is 2.26. The lowest BCUT2D eigenvalue weighted by atomic mass is 9.88. The topological polar surface area (TPSA) is 109 Å². The van der Waals surface area contributed by atoms with E-state index in [4.69, 9.17) is 10.8 Å². The van der Waals surface area contributed by atoms with Crippen LogP contribution in [0.2, 0.25) is 0 Å². The van der Waals surface area contributed by atoms with Crippen LogP contribution in [-0.2, 0) is 22.4 Å². The van der Waals surface area contributed by atoms with E-state index in [9.17, 15) is 14.4 Å². The second kappa shape index (κ2) is 6.09. The highest BCUT2D eigenvalue weighted by Crippen LogP contribution is 2.39. The van der Waals surface area contributed by atoms with Crippen molar-refractivity contribution in [2.45, 2.75) is 26.2 Å². The molecule has 0 saturated heterocycles. The number of nitrogens with two attached hydrogens (primary N) is 1. The fourth-order valence-corrected chi connectivity index (χ4v) is 3.82. The zero-order valence-electron chi connectivity index (χ0n) is 11.5. The largest absolute Gasteiger partial charge is 0.478 e. The summed E-state index contributed by atoms with van der Waals surface area (Å²) >= 11 is 1.34. The summed E-state index contributed by atoms with van der Waals surface area (Å²) in [4.78, 5) is 34.8. The summed E-state index contributed by atoms with van der Waals surface area (Å²) in [5, 5.41) is 11.4. The summed E-state index contributed by atoms with van der Waals surface area (Å²) in [6.07, 6.45) is 4.27. The summed E-state index contributed by atoms with van der Waals surface area (Å²) < 4.78 is 0. The standard InChI is InChI=1S/C14H16N2O4S/c1-7-2-3-8-9(6-7)21-14(12(8)13(15)20)16-10(17)4-5-11(18)19/h4-5,7H,2-3,6H2,1H3,(H2,15,20)(H,16,17)(H,18,19)/b5-4+. The average molecular weight is 308 g/mol. The maximum atomic E-state index is 11.7. The number of aliphatic carboxylic acids is 1. The highest BCUT2D eigenvalue weighted by molar-refractivity contribution is 7.17. The molecular formula is C14H16N2O4S. The minimum Gasteiger partial charge on any atom is -0.478 e. The van der Waals surface area contributed by atoms with Crippen LogP contribution in [0.5, 0.6) is 0 Å². The third-order valence-corrected chi connectivity index (χ3v) is 4.54. The van der Waals surface area contributed by atoms with Gasteiger partial charge in [0.05, 0.1) is 5.56 Å². The predicted molar refractivity (Wildman–Crippen MR) is 79.4 cm³/mol. The Kier molecular flexibility index (Phi) is 4.42. The number of anilines is 1. The van der Waals surface area contributed by atoms with Gasteiger partial charge >= 0.3 is 5.97 Å². The van der Waals surface area contributed by atoms with E-state index in [0.29, 0.717) is 16.5 Å². The molecule has 6 nitrogen and oxygen atoms in total. The van der Waals surface area contributed by atoms with Crippen molar-refractivity contribution >= 4 is 34.1 Å². The molecule has 1 aliphatic carbocycles. The molecule has 1 unspecified atom stereocenters. The molecule has 112 valence electrons. The Morgan fingerprint density at radius 1 is 1.38 bits per heavy atom. The molecular weight excluding hydrogens is 292 g/mol. The van der Waals surface area contributed by atoms with E-state index in [0.717, 1.165) is 41.9 Å². The molecule has 0 bridgehead atoms. The summed E-state index contributed by atoms with van der Waals surface area (Å²) in [5.74, 6) is -1.84. The van der Waals surface area contributed by atoms with Crippen molar-refractivity contribution in [1.29, 1.82) is 0 Å². The number of amides is 2. The Labute approximate surface area is 125 Å². The molecule has 1 aromatic heterocycles. The van der Waals surface area contributed by atoms with Crippen LogP contribution in [0.1, 0.15) is 34.1 Å². The number of carboxylic acid groups (broad SMARTS) is 1. The lowest BCUT2D eigenvalue weighted by Crippen LogP contribution is -2.18. The second-order valence-electron chi connectivity index (χ2n) is 5.08. The number of hydrogen-bond acceptors (Lipinski definition) is 4. The fraction of sp³-hybridized carbons (Fsp3) is 0.357. The van der Waals surface area contributed by atoms with Gasteiger partial charge in [0.1, 0.15) is 5.00 Å². The van der Waals surface area contributed by atoms with Gasteiger partial charge in [-0.3, -0.25) is 9.59 Å². The quantitative estimate of drug-likeness (QED) is 0.733. The number of carboxylic acids is 1. The molecule has 4 N–H and O–H groups in total. The first-order valence-electron chi connectivity index (χ1n) is 6.54. The number of carbonyl (C=O) groups is 3. The molecule has 1 aromatic rings. The van der Waals surface area contributed by atoms with Crippen molar-refractivity contribution in [3.63, 3.8) is 0 Å². The van der Waals surface area contributed by atoms with Crippen LogP contribution in [0.3, 0.4) is 0 Å². The van der Waals surface area contributed by atoms with Crippen LogP contribution in [0.4, 0.5) is 5.00 Å². The molecule has 0 aromatic carbocycles. The number of nitrogens with one attached hydrogen (secondary N) is 1. The molecule has 0 fully saturated rings. The lowest BCUT2D eigenvalue weighted by Gasteiger charge is -2.18. The van der Waals surface area contributed by atoms with E-state index in [-0.39, 0.29) is 0 Å². The SMILES string of the molecule is CC1CCc2c(sc(NC(=O)/C=C/C(=O)O)c2C(N)=O)C1. The highest BCUT2D eigenvalue weighted by atomic mass is 32.1. The van der Waals surface area contributed by atoms with Crippen LogP contribution < -0.4 is 11.1 Å². The van der Waals surface area contributed by atoms with E-state index in [1.165, 1.54) is 11.3 Å². The van der Waals surface area contributed by atoms with Gasteiger partial charge in [-0.2, -0.15) is 0 Å². The number of rotatable bonds is 4. The summed E-state index contributed by atoms with van der Waals surface area (Å²) in [5.41, 5.74) is 6.70. The number of fused-ring (bicyclic) bond motifs is 1. The third kappa shape index (κ3) is 3.49. The molecule has 1 atom stereocenters. The zero-order chi connectivity index (χ0) is 15.6. The average Bonchev–Trinajstić information content (AvgIpc) is 2.73. The van der Waals surface area contributed by atoms with Crippen molar-refractivity contribution in [3.05, 3.63) is 28.2 Å². The van der Waals surface area contributed by atoms with Gasteiger partial charge < -0.3 is 16.2 Å². The lowest BCUT2D eigenvalue weighted by molar-refractivity contribution is -0.131. The first-order valence-corrected chi connectivity index (χ1v) is 7.36. The van der Waals surface area contributed by atoms with Gasteiger partial charge in [-0.25, -0.2) is 4.79 Å². The normalized spacial score (nSPS) is 17.5. The van der Waals surface area contributed by atoms with Gasteiger partial charge in [-0.1, -0.05) is 6.92 Å². The van der Waals surface area contributed by atoms with Crippen LogP contribution in [0, 0.1) is 5.92 Å². The molecule has 7 heteroatoms. The van der Waals surface area contributed by atoms with Crippen LogP contribution in [0.15, 0.2) is 12.2 Å². The Balaban J connectivity index is 2.29. The molecule has 0 spiro atoms. The molecule has 2 amide bonds. The summed E-state index contributed by atoms with van der Waals surface area (Å²) in [6, 6.07) is 0. The smallest absolute Gasteiger partial charge is 0.328 e. The molecule has 0 aliphatic heterocycles. The Morgan fingerprint density at radius 3 is 2.71 bits per heavy atom. The van der Waals surface area contributed by atoms with Gasteiger partial charge in [0.15, 0.2) is 0 Å². The van der Waals surface area contributed by atoms with Crippen LogP contribution in [0.25, 0.3) is 0 Å². The first-order chi connectivity index (χ1) is 9.88. The molecule has 2 rings (SSSR count). The Hall–Kier alpha value is -2.15. The second-order valence-corrected chi connectivity index (χ2v) is 6.19. The number of carbonyl (C=O) groups excluding carboxylic acids is 2.